The molecule has 1 aromatic carbocycles. The molecule has 0 fully saturated rings. The lowest BCUT2D eigenvalue weighted by molar-refractivity contribution is -0.137. The van der Waals surface area contributed by atoms with Crippen molar-refractivity contribution >= 4 is 12.0 Å². The van der Waals surface area contributed by atoms with E-state index in [-0.39, 0.29) is 24.4 Å². The molecule has 0 saturated carbocycles. The van der Waals surface area contributed by atoms with Crippen LogP contribution in [0.1, 0.15) is 43.9 Å². The predicted octanol–water partition coefficient (Wildman–Crippen LogP) is 2.86. The third-order valence-electron chi connectivity index (χ3n) is 3.39. The smallest absolute Gasteiger partial charge is 0.315 e. The van der Waals surface area contributed by atoms with Crippen molar-refractivity contribution in [1.82, 2.24) is 10.6 Å². The van der Waals surface area contributed by atoms with E-state index in [9.17, 15) is 9.59 Å². The first-order valence-electron chi connectivity index (χ1n) is 7.21. The topological polar surface area (TPSA) is 78.4 Å². The molecule has 1 rings (SSSR count). The van der Waals surface area contributed by atoms with Gasteiger partial charge in [-0.3, -0.25) is 4.79 Å². The van der Waals surface area contributed by atoms with Gasteiger partial charge in [0, 0.05) is 13.0 Å². The van der Waals surface area contributed by atoms with Crippen LogP contribution < -0.4 is 10.6 Å². The molecule has 116 valence electrons. The van der Waals surface area contributed by atoms with Crippen molar-refractivity contribution in [2.24, 2.45) is 5.92 Å². The standard InChI is InChI=1S/C16H24N2O3/c1-11-4-7-14(8-5-11)13(3)18-16(21)17-10-12(2)6-9-15(19)20/h4-5,7-8,12-13H,6,9-10H2,1-3H3,(H,19,20)(H2,17,18,21). The number of rotatable bonds is 7. The number of hydrogen-bond acceptors (Lipinski definition) is 2. The van der Waals surface area contributed by atoms with Crippen LogP contribution in [-0.2, 0) is 4.79 Å². The van der Waals surface area contributed by atoms with E-state index in [2.05, 4.69) is 10.6 Å². The monoisotopic (exact) mass is 292 g/mol. The van der Waals surface area contributed by atoms with Crippen molar-refractivity contribution in [3.05, 3.63) is 35.4 Å². The average molecular weight is 292 g/mol. The summed E-state index contributed by atoms with van der Waals surface area (Å²) in [4.78, 5) is 22.3. The molecule has 0 radical (unpaired) electrons. The van der Waals surface area contributed by atoms with E-state index in [1.54, 1.807) is 0 Å². The summed E-state index contributed by atoms with van der Waals surface area (Å²) in [6, 6.07) is 7.72. The van der Waals surface area contributed by atoms with Gasteiger partial charge in [-0.2, -0.15) is 0 Å². The van der Waals surface area contributed by atoms with Crippen molar-refractivity contribution in [1.29, 1.82) is 0 Å². The molecule has 0 aliphatic carbocycles. The Balaban J connectivity index is 2.32. The van der Waals surface area contributed by atoms with Crippen LogP contribution >= 0.6 is 0 Å². The first kappa shape index (κ1) is 17.0. The highest BCUT2D eigenvalue weighted by Crippen LogP contribution is 2.12. The highest BCUT2D eigenvalue weighted by atomic mass is 16.4. The number of aryl methyl sites for hydroxylation is 1. The van der Waals surface area contributed by atoms with E-state index in [1.807, 2.05) is 45.0 Å². The van der Waals surface area contributed by atoms with E-state index in [4.69, 9.17) is 5.11 Å². The summed E-state index contributed by atoms with van der Waals surface area (Å²) in [6.45, 7) is 6.34. The summed E-state index contributed by atoms with van der Waals surface area (Å²) in [5.41, 5.74) is 2.23. The molecule has 0 heterocycles. The molecule has 2 amide bonds. The van der Waals surface area contributed by atoms with Gasteiger partial charge in [0.05, 0.1) is 6.04 Å². The molecule has 2 unspecified atom stereocenters. The molecule has 0 aliphatic rings. The van der Waals surface area contributed by atoms with E-state index in [0.717, 1.165) is 5.56 Å². The molecule has 0 bridgehead atoms. The summed E-state index contributed by atoms with van der Waals surface area (Å²) in [7, 11) is 0. The minimum atomic E-state index is -0.806. The Kier molecular flexibility index (Phi) is 6.72. The van der Waals surface area contributed by atoms with Gasteiger partial charge in [-0.05, 0) is 31.7 Å². The summed E-state index contributed by atoms with van der Waals surface area (Å²) in [5.74, 6) is -0.666. The molecule has 0 aliphatic heterocycles. The van der Waals surface area contributed by atoms with Gasteiger partial charge in [-0.1, -0.05) is 36.8 Å². The number of carboxylic acid groups (broad SMARTS) is 1. The molecule has 1 aromatic rings. The minimum absolute atomic E-state index is 0.0695. The van der Waals surface area contributed by atoms with Gasteiger partial charge in [0.1, 0.15) is 0 Å². The zero-order valence-electron chi connectivity index (χ0n) is 12.8. The fraction of sp³-hybridized carbons (Fsp3) is 0.500. The number of aliphatic carboxylic acids is 1. The van der Waals surface area contributed by atoms with Crippen molar-refractivity contribution in [3.8, 4) is 0 Å². The molecule has 5 heteroatoms. The fourth-order valence-electron chi connectivity index (χ4n) is 1.92. The maximum Gasteiger partial charge on any atom is 0.315 e. The van der Waals surface area contributed by atoms with Gasteiger partial charge in [0.25, 0.3) is 0 Å². The zero-order valence-corrected chi connectivity index (χ0v) is 12.8. The Hall–Kier alpha value is -2.04. The lowest BCUT2D eigenvalue weighted by Gasteiger charge is -2.17. The predicted molar refractivity (Wildman–Crippen MR) is 82.2 cm³/mol. The summed E-state index contributed by atoms with van der Waals surface area (Å²) in [6.07, 6.45) is 0.688. The van der Waals surface area contributed by atoms with Gasteiger partial charge in [0.2, 0.25) is 0 Å². The van der Waals surface area contributed by atoms with Gasteiger partial charge in [-0.15, -0.1) is 0 Å². The van der Waals surface area contributed by atoms with Crippen LogP contribution in [0.5, 0.6) is 0 Å². The Morgan fingerprint density at radius 3 is 2.38 bits per heavy atom. The maximum absolute atomic E-state index is 11.8. The first-order valence-corrected chi connectivity index (χ1v) is 7.21. The molecular formula is C16H24N2O3. The SMILES string of the molecule is Cc1ccc(C(C)NC(=O)NCC(C)CCC(=O)O)cc1. The maximum atomic E-state index is 11.8. The summed E-state index contributed by atoms with van der Waals surface area (Å²) < 4.78 is 0. The average Bonchev–Trinajstić information content (AvgIpc) is 2.43. The van der Waals surface area contributed by atoms with Crippen LogP contribution in [0.25, 0.3) is 0 Å². The Morgan fingerprint density at radius 2 is 1.81 bits per heavy atom. The first-order chi connectivity index (χ1) is 9.88. The van der Waals surface area contributed by atoms with Gasteiger partial charge < -0.3 is 15.7 Å². The molecule has 0 spiro atoms. The number of carboxylic acids is 1. The highest BCUT2D eigenvalue weighted by molar-refractivity contribution is 5.74. The number of amides is 2. The van der Waals surface area contributed by atoms with Crippen molar-refractivity contribution < 1.29 is 14.7 Å². The molecule has 21 heavy (non-hydrogen) atoms. The molecule has 2 atom stereocenters. The quantitative estimate of drug-likeness (QED) is 0.723. The lowest BCUT2D eigenvalue weighted by Crippen LogP contribution is -2.39. The van der Waals surface area contributed by atoms with Crippen LogP contribution in [0.3, 0.4) is 0 Å². The Bertz CT molecular complexity index is 471. The van der Waals surface area contributed by atoms with Crippen molar-refractivity contribution in [2.75, 3.05) is 6.54 Å². The lowest BCUT2D eigenvalue weighted by atomic mass is 10.1. The zero-order chi connectivity index (χ0) is 15.8. The van der Waals surface area contributed by atoms with Gasteiger partial charge in [-0.25, -0.2) is 4.79 Å². The number of carbonyl (C=O) groups is 2. The molecular weight excluding hydrogens is 268 g/mol. The third-order valence-corrected chi connectivity index (χ3v) is 3.39. The normalized spacial score (nSPS) is 13.3. The fourth-order valence-corrected chi connectivity index (χ4v) is 1.92. The van der Waals surface area contributed by atoms with E-state index >= 15 is 0 Å². The van der Waals surface area contributed by atoms with Gasteiger partial charge in [0.15, 0.2) is 0 Å². The molecule has 5 nitrogen and oxygen atoms in total. The molecule has 0 saturated heterocycles. The summed E-state index contributed by atoms with van der Waals surface area (Å²) in [5, 5.41) is 14.2. The summed E-state index contributed by atoms with van der Waals surface area (Å²) >= 11 is 0. The second kappa shape index (κ2) is 8.29. The largest absolute Gasteiger partial charge is 0.481 e. The van der Waals surface area contributed by atoms with Gasteiger partial charge >= 0.3 is 12.0 Å². The number of benzene rings is 1. The van der Waals surface area contributed by atoms with Crippen LogP contribution in [-0.4, -0.2) is 23.7 Å². The second-order valence-corrected chi connectivity index (χ2v) is 5.52. The Morgan fingerprint density at radius 1 is 1.19 bits per heavy atom. The Labute approximate surface area is 125 Å². The molecule has 0 aromatic heterocycles. The number of nitrogens with one attached hydrogen (secondary N) is 2. The highest BCUT2D eigenvalue weighted by Gasteiger charge is 2.11. The number of urea groups is 1. The van der Waals surface area contributed by atoms with E-state index in [0.29, 0.717) is 13.0 Å². The van der Waals surface area contributed by atoms with Crippen LogP contribution in [0.2, 0.25) is 0 Å². The third kappa shape index (κ3) is 6.79. The number of carbonyl (C=O) groups excluding carboxylic acids is 1. The van der Waals surface area contributed by atoms with E-state index in [1.165, 1.54) is 5.56 Å². The van der Waals surface area contributed by atoms with Crippen LogP contribution in [0, 0.1) is 12.8 Å². The van der Waals surface area contributed by atoms with Crippen molar-refractivity contribution in [2.45, 2.75) is 39.7 Å². The second-order valence-electron chi connectivity index (χ2n) is 5.52. The molecule has 3 N–H and O–H groups in total. The van der Waals surface area contributed by atoms with Crippen molar-refractivity contribution in [3.63, 3.8) is 0 Å². The minimum Gasteiger partial charge on any atom is -0.481 e. The number of hydrogen-bond donors (Lipinski definition) is 3. The van der Waals surface area contributed by atoms with Crippen LogP contribution in [0.15, 0.2) is 24.3 Å². The van der Waals surface area contributed by atoms with Crippen LogP contribution in [0.4, 0.5) is 4.79 Å². The van der Waals surface area contributed by atoms with E-state index < -0.39 is 5.97 Å².